The third-order valence-corrected chi connectivity index (χ3v) is 3.80. The van der Waals surface area contributed by atoms with Crippen LogP contribution in [-0.2, 0) is 0 Å². The summed E-state index contributed by atoms with van der Waals surface area (Å²) in [5.41, 5.74) is 13.1. The van der Waals surface area contributed by atoms with Crippen molar-refractivity contribution >= 4 is 22.6 Å². The second-order valence-electron chi connectivity index (χ2n) is 5.57. The predicted molar refractivity (Wildman–Crippen MR) is 92.4 cm³/mol. The van der Waals surface area contributed by atoms with Crippen molar-refractivity contribution in [3.8, 4) is 11.3 Å². The second kappa shape index (κ2) is 6.02. The Balaban J connectivity index is 2.25. The van der Waals surface area contributed by atoms with Crippen LogP contribution >= 0.6 is 0 Å². The zero-order valence-corrected chi connectivity index (χ0v) is 13.2. The van der Waals surface area contributed by atoms with E-state index in [9.17, 15) is 9.90 Å². The Labute approximate surface area is 138 Å². The summed E-state index contributed by atoms with van der Waals surface area (Å²) >= 11 is 0. The van der Waals surface area contributed by atoms with Gasteiger partial charge in [-0.25, -0.2) is 9.78 Å². The molecular weight excluding hydrogens is 304 g/mol. The number of aryl methyl sites for hydroxylation is 2. The van der Waals surface area contributed by atoms with Crippen molar-refractivity contribution in [3.05, 3.63) is 69.6 Å². The Hall–Kier alpha value is -3.37. The summed E-state index contributed by atoms with van der Waals surface area (Å²) < 4.78 is 0. The summed E-state index contributed by atoms with van der Waals surface area (Å²) in [6.07, 6.45) is 0. The minimum Gasteiger partial charge on any atom is -0.478 e. The molecule has 6 heteroatoms. The van der Waals surface area contributed by atoms with Gasteiger partial charge >= 0.3 is 5.97 Å². The van der Waals surface area contributed by atoms with Crippen molar-refractivity contribution in [3.63, 3.8) is 0 Å². The molecular formula is C18H14N4O2. The zero-order valence-electron chi connectivity index (χ0n) is 13.2. The lowest BCUT2D eigenvalue weighted by Gasteiger charge is -2.10. The van der Waals surface area contributed by atoms with Crippen molar-refractivity contribution in [2.24, 2.45) is 5.11 Å². The molecule has 0 aliphatic heterocycles. The number of aromatic nitrogens is 1. The molecule has 3 rings (SSSR count). The molecule has 1 heterocycles. The monoisotopic (exact) mass is 318 g/mol. The van der Waals surface area contributed by atoms with E-state index in [-0.39, 0.29) is 5.56 Å². The van der Waals surface area contributed by atoms with Crippen LogP contribution in [0.15, 0.2) is 47.6 Å². The van der Waals surface area contributed by atoms with Gasteiger partial charge in [-0.05, 0) is 37.1 Å². The SMILES string of the molecule is Cc1cc(C)c2nc(-c3ccc(N=[N+]=[N-])cc3)cc(C(=O)O)c2c1. The van der Waals surface area contributed by atoms with Crippen molar-refractivity contribution in [1.82, 2.24) is 4.98 Å². The molecule has 0 amide bonds. The summed E-state index contributed by atoms with van der Waals surface area (Å²) in [6, 6.07) is 12.3. The first-order valence-corrected chi connectivity index (χ1v) is 7.30. The van der Waals surface area contributed by atoms with Gasteiger partial charge in [0.05, 0.1) is 16.8 Å². The largest absolute Gasteiger partial charge is 0.478 e. The van der Waals surface area contributed by atoms with Crippen LogP contribution in [0.3, 0.4) is 0 Å². The normalized spacial score (nSPS) is 10.4. The van der Waals surface area contributed by atoms with E-state index in [1.807, 2.05) is 26.0 Å². The maximum Gasteiger partial charge on any atom is 0.336 e. The molecule has 0 saturated heterocycles. The lowest BCUT2D eigenvalue weighted by atomic mass is 10.00. The van der Waals surface area contributed by atoms with Gasteiger partial charge in [-0.3, -0.25) is 0 Å². The number of carboxylic acids is 1. The summed E-state index contributed by atoms with van der Waals surface area (Å²) in [4.78, 5) is 19.1. The van der Waals surface area contributed by atoms with Crippen LogP contribution in [-0.4, -0.2) is 16.1 Å². The predicted octanol–water partition coefficient (Wildman–Crippen LogP) is 5.16. The Morgan fingerprint density at radius 1 is 1.17 bits per heavy atom. The molecule has 0 aliphatic carbocycles. The number of fused-ring (bicyclic) bond motifs is 1. The minimum absolute atomic E-state index is 0.223. The Kier molecular flexibility index (Phi) is 3.90. The molecule has 0 atom stereocenters. The fourth-order valence-electron chi connectivity index (χ4n) is 2.76. The van der Waals surface area contributed by atoms with Crippen molar-refractivity contribution < 1.29 is 9.90 Å². The van der Waals surface area contributed by atoms with Gasteiger partial charge < -0.3 is 5.11 Å². The maximum absolute atomic E-state index is 11.7. The highest BCUT2D eigenvalue weighted by atomic mass is 16.4. The topological polar surface area (TPSA) is 99.0 Å². The summed E-state index contributed by atoms with van der Waals surface area (Å²) in [5.74, 6) is -0.987. The number of aromatic carboxylic acids is 1. The van der Waals surface area contributed by atoms with E-state index in [2.05, 4.69) is 15.0 Å². The Bertz CT molecular complexity index is 1000. The molecule has 0 bridgehead atoms. The van der Waals surface area contributed by atoms with Crippen LogP contribution in [0.5, 0.6) is 0 Å². The Morgan fingerprint density at radius 3 is 2.50 bits per heavy atom. The lowest BCUT2D eigenvalue weighted by Crippen LogP contribution is -2.01. The van der Waals surface area contributed by atoms with Gasteiger partial charge in [0.15, 0.2) is 0 Å². The highest BCUT2D eigenvalue weighted by molar-refractivity contribution is 6.04. The van der Waals surface area contributed by atoms with E-state index in [4.69, 9.17) is 5.53 Å². The molecule has 6 nitrogen and oxygen atoms in total. The number of hydrogen-bond donors (Lipinski definition) is 1. The molecule has 1 N–H and O–H groups in total. The fraction of sp³-hybridized carbons (Fsp3) is 0.111. The highest BCUT2D eigenvalue weighted by Crippen LogP contribution is 2.29. The van der Waals surface area contributed by atoms with Gasteiger partial charge in [-0.2, -0.15) is 0 Å². The minimum atomic E-state index is -0.987. The van der Waals surface area contributed by atoms with Crippen molar-refractivity contribution in [2.75, 3.05) is 0 Å². The van der Waals surface area contributed by atoms with E-state index >= 15 is 0 Å². The lowest BCUT2D eigenvalue weighted by molar-refractivity contribution is 0.0699. The second-order valence-corrected chi connectivity index (χ2v) is 5.57. The number of hydrogen-bond acceptors (Lipinski definition) is 3. The average molecular weight is 318 g/mol. The molecule has 0 spiro atoms. The molecule has 1 aromatic heterocycles. The average Bonchev–Trinajstić information content (AvgIpc) is 2.55. The van der Waals surface area contributed by atoms with Crippen LogP contribution in [0.2, 0.25) is 0 Å². The van der Waals surface area contributed by atoms with E-state index in [1.54, 1.807) is 30.3 Å². The van der Waals surface area contributed by atoms with E-state index in [1.165, 1.54) is 0 Å². The molecule has 2 aromatic carbocycles. The third kappa shape index (κ3) is 2.78. The number of rotatable bonds is 3. The van der Waals surface area contributed by atoms with Gasteiger partial charge in [-0.1, -0.05) is 41.0 Å². The van der Waals surface area contributed by atoms with Gasteiger partial charge in [0, 0.05) is 21.5 Å². The standard InChI is InChI=1S/C18H14N4O2/c1-10-7-11(2)17-14(8-10)15(18(23)24)9-16(20-17)12-3-5-13(6-4-12)21-22-19/h3-9H,1-2H3,(H,23,24). The third-order valence-electron chi connectivity index (χ3n) is 3.80. The summed E-state index contributed by atoms with van der Waals surface area (Å²) in [5, 5.41) is 13.7. The number of pyridine rings is 1. The van der Waals surface area contributed by atoms with Crippen LogP contribution in [0, 0.1) is 13.8 Å². The number of benzene rings is 2. The van der Waals surface area contributed by atoms with Crippen LogP contribution in [0.4, 0.5) is 5.69 Å². The number of carbonyl (C=O) groups is 1. The number of azide groups is 1. The fourth-order valence-corrected chi connectivity index (χ4v) is 2.76. The number of nitrogens with zero attached hydrogens (tertiary/aromatic N) is 4. The zero-order chi connectivity index (χ0) is 17.3. The molecule has 0 aliphatic rings. The molecule has 118 valence electrons. The van der Waals surface area contributed by atoms with E-state index in [0.29, 0.717) is 22.3 Å². The first-order chi connectivity index (χ1) is 11.5. The Morgan fingerprint density at radius 2 is 1.88 bits per heavy atom. The van der Waals surface area contributed by atoms with Crippen LogP contribution in [0.25, 0.3) is 32.6 Å². The quantitative estimate of drug-likeness (QED) is 0.410. The molecule has 0 saturated carbocycles. The smallest absolute Gasteiger partial charge is 0.336 e. The van der Waals surface area contributed by atoms with Crippen LogP contribution < -0.4 is 0 Å². The van der Waals surface area contributed by atoms with E-state index in [0.717, 1.165) is 16.7 Å². The highest BCUT2D eigenvalue weighted by Gasteiger charge is 2.14. The van der Waals surface area contributed by atoms with E-state index < -0.39 is 5.97 Å². The van der Waals surface area contributed by atoms with Crippen LogP contribution in [0.1, 0.15) is 21.5 Å². The van der Waals surface area contributed by atoms with Crippen molar-refractivity contribution in [1.29, 1.82) is 0 Å². The summed E-state index contributed by atoms with van der Waals surface area (Å²) in [7, 11) is 0. The molecule has 0 radical (unpaired) electrons. The molecule has 0 fully saturated rings. The number of carboxylic acid groups (broad SMARTS) is 1. The van der Waals surface area contributed by atoms with Crippen molar-refractivity contribution in [2.45, 2.75) is 13.8 Å². The maximum atomic E-state index is 11.7. The molecule has 3 aromatic rings. The molecule has 0 unspecified atom stereocenters. The summed E-state index contributed by atoms with van der Waals surface area (Å²) in [6.45, 7) is 3.85. The molecule has 24 heavy (non-hydrogen) atoms. The first kappa shape index (κ1) is 15.5. The van der Waals surface area contributed by atoms with Gasteiger partial charge in [0.2, 0.25) is 0 Å². The van der Waals surface area contributed by atoms with Gasteiger partial charge in [0.25, 0.3) is 0 Å². The van der Waals surface area contributed by atoms with Gasteiger partial charge in [-0.15, -0.1) is 0 Å². The van der Waals surface area contributed by atoms with Gasteiger partial charge in [0.1, 0.15) is 0 Å². The first-order valence-electron chi connectivity index (χ1n) is 7.30.